The first-order chi connectivity index (χ1) is 12.2. The normalized spacial score (nSPS) is 12.1. The zero-order valence-electron chi connectivity index (χ0n) is 12.6. The summed E-state index contributed by atoms with van der Waals surface area (Å²) in [5.41, 5.74) is 4.17. The van der Waals surface area contributed by atoms with Gasteiger partial charge in [0.15, 0.2) is 0 Å². The van der Waals surface area contributed by atoms with E-state index < -0.39 is 11.7 Å². The minimum absolute atomic E-state index is 0.0128. The molecule has 0 bridgehead atoms. The van der Waals surface area contributed by atoms with Crippen LogP contribution in [0.25, 0.3) is 5.69 Å². The van der Waals surface area contributed by atoms with Gasteiger partial charge < -0.3 is 11.1 Å². The zero-order chi connectivity index (χ0) is 19.5. The van der Waals surface area contributed by atoms with Crippen molar-refractivity contribution in [2.24, 2.45) is 5.73 Å². The van der Waals surface area contributed by atoms with Crippen LogP contribution in [0, 0.1) is 22.7 Å². The molecule has 0 amide bonds. The molecule has 0 fully saturated rings. The van der Waals surface area contributed by atoms with Crippen LogP contribution in [0.15, 0.2) is 29.7 Å². The number of nitriles is 2. The molecule has 0 atom stereocenters. The lowest BCUT2D eigenvalue weighted by atomic mass is 10.2. The molecule has 1 heterocycles. The Balaban J connectivity index is 2.29. The fourth-order valence-electron chi connectivity index (χ4n) is 1.83. The molecule has 0 aliphatic heterocycles. The summed E-state index contributed by atoms with van der Waals surface area (Å²) in [6.07, 6.45) is -3.31. The molecule has 0 radical (unpaired) electrons. The predicted octanol–water partition coefficient (Wildman–Crippen LogP) is 2.90. The van der Waals surface area contributed by atoms with E-state index in [2.05, 4.69) is 15.5 Å². The molecule has 0 saturated carbocycles. The average Bonchev–Trinajstić information content (AvgIpc) is 3.02. The van der Waals surface area contributed by atoms with Crippen LogP contribution >= 0.6 is 23.2 Å². The number of rotatable bonds is 4. The lowest BCUT2D eigenvalue weighted by molar-refractivity contribution is -0.137. The Bertz CT molecular complexity index is 928. The lowest BCUT2D eigenvalue weighted by Crippen LogP contribution is -2.17. The third-order valence-corrected chi connectivity index (χ3v) is 3.61. The molecule has 0 aliphatic carbocycles. The van der Waals surface area contributed by atoms with Crippen LogP contribution in [0.3, 0.4) is 0 Å². The first-order valence-corrected chi connectivity index (χ1v) is 7.44. The standard InChI is InChI=1S/C14H8Cl2F3N7/c15-9-1-7(14(17,18)19)2-10(16)13(9)26-24-6-8(25-26)5-23-12(4-21)11(22)3-20/h1-2,6,23H,5,22H2/b12-11-. The van der Waals surface area contributed by atoms with Crippen molar-refractivity contribution in [3.8, 4) is 17.8 Å². The van der Waals surface area contributed by atoms with Crippen LogP contribution in [0.4, 0.5) is 13.2 Å². The Morgan fingerprint density at radius 1 is 1.23 bits per heavy atom. The number of nitrogens with one attached hydrogen (secondary N) is 1. The van der Waals surface area contributed by atoms with E-state index in [1.807, 2.05) is 0 Å². The Labute approximate surface area is 155 Å². The quantitative estimate of drug-likeness (QED) is 0.760. The second kappa shape index (κ2) is 7.52. The summed E-state index contributed by atoms with van der Waals surface area (Å²) in [5, 5.41) is 27.5. The molecule has 134 valence electrons. The maximum Gasteiger partial charge on any atom is 0.416 e. The second-order valence-electron chi connectivity index (χ2n) is 4.78. The first kappa shape index (κ1) is 19.4. The van der Waals surface area contributed by atoms with E-state index in [0.29, 0.717) is 17.8 Å². The molecule has 0 spiro atoms. The van der Waals surface area contributed by atoms with Crippen LogP contribution in [0.1, 0.15) is 11.3 Å². The zero-order valence-corrected chi connectivity index (χ0v) is 14.2. The number of halogens is 5. The van der Waals surface area contributed by atoms with Gasteiger partial charge in [-0.15, -0.1) is 4.80 Å². The van der Waals surface area contributed by atoms with Crippen molar-refractivity contribution in [1.29, 1.82) is 10.5 Å². The number of nitrogens with zero attached hydrogens (tertiary/aromatic N) is 5. The molecule has 2 aromatic rings. The minimum Gasteiger partial charge on any atom is -0.388 e. The van der Waals surface area contributed by atoms with E-state index in [1.54, 1.807) is 12.1 Å². The van der Waals surface area contributed by atoms with E-state index in [4.69, 9.17) is 39.5 Å². The summed E-state index contributed by atoms with van der Waals surface area (Å²) in [6.45, 7) is -0.0128. The van der Waals surface area contributed by atoms with Crippen LogP contribution < -0.4 is 11.1 Å². The maximum absolute atomic E-state index is 12.8. The summed E-state index contributed by atoms with van der Waals surface area (Å²) >= 11 is 11.8. The molecule has 1 aromatic carbocycles. The van der Waals surface area contributed by atoms with Gasteiger partial charge in [0.1, 0.15) is 34.9 Å². The number of alkyl halides is 3. The highest BCUT2D eigenvalue weighted by Gasteiger charge is 2.32. The fourth-order valence-corrected chi connectivity index (χ4v) is 2.47. The van der Waals surface area contributed by atoms with Crippen molar-refractivity contribution >= 4 is 23.2 Å². The van der Waals surface area contributed by atoms with Crippen molar-refractivity contribution in [3.05, 3.63) is 51.0 Å². The molecule has 12 heteroatoms. The number of hydrogen-bond donors (Lipinski definition) is 2. The van der Waals surface area contributed by atoms with E-state index >= 15 is 0 Å². The molecule has 0 aliphatic rings. The molecule has 0 unspecified atom stereocenters. The Morgan fingerprint density at radius 2 is 1.85 bits per heavy atom. The van der Waals surface area contributed by atoms with Gasteiger partial charge in [0.2, 0.25) is 0 Å². The molecular weight excluding hydrogens is 394 g/mol. The Morgan fingerprint density at radius 3 is 2.35 bits per heavy atom. The van der Waals surface area contributed by atoms with Crippen molar-refractivity contribution < 1.29 is 13.2 Å². The van der Waals surface area contributed by atoms with E-state index in [1.165, 1.54) is 6.20 Å². The van der Waals surface area contributed by atoms with Crippen molar-refractivity contribution in [2.75, 3.05) is 0 Å². The minimum atomic E-state index is -4.60. The van der Waals surface area contributed by atoms with Crippen molar-refractivity contribution in [3.63, 3.8) is 0 Å². The van der Waals surface area contributed by atoms with Gasteiger partial charge in [0.05, 0.1) is 28.4 Å². The number of aromatic nitrogens is 3. The van der Waals surface area contributed by atoms with Gasteiger partial charge in [0.25, 0.3) is 0 Å². The number of benzene rings is 1. The summed E-state index contributed by atoms with van der Waals surface area (Å²) in [6, 6.07) is 4.77. The van der Waals surface area contributed by atoms with Gasteiger partial charge in [-0.25, -0.2) is 0 Å². The SMILES string of the molecule is N#C/C(N)=C(\C#N)NCc1cnn(-c2c(Cl)cc(C(F)(F)F)cc2Cl)n1. The highest BCUT2D eigenvalue weighted by Crippen LogP contribution is 2.37. The maximum atomic E-state index is 12.8. The van der Waals surface area contributed by atoms with Gasteiger partial charge >= 0.3 is 6.18 Å². The lowest BCUT2D eigenvalue weighted by Gasteiger charge is -2.11. The highest BCUT2D eigenvalue weighted by molar-refractivity contribution is 6.37. The summed E-state index contributed by atoms with van der Waals surface area (Å²) in [7, 11) is 0. The highest BCUT2D eigenvalue weighted by atomic mass is 35.5. The van der Waals surface area contributed by atoms with Crippen molar-refractivity contribution in [1.82, 2.24) is 20.3 Å². The average molecular weight is 402 g/mol. The number of nitrogens with two attached hydrogens (primary N) is 1. The van der Waals surface area contributed by atoms with Gasteiger partial charge in [-0.05, 0) is 12.1 Å². The first-order valence-electron chi connectivity index (χ1n) is 6.69. The van der Waals surface area contributed by atoms with Gasteiger partial charge in [-0.1, -0.05) is 23.2 Å². The van der Waals surface area contributed by atoms with Crippen LogP contribution in [-0.4, -0.2) is 15.0 Å². The Kier molecular flexibility index (Phi) is 5.60. The van der Waals surface area contributed by atoms with E-state index in [0.717, 1.165) is 4.80 Å². The molecule has 0 saturated heterocycles. The molecule has 26 heavy (non-hydrogen) atoms. The summed E-state index contributed by atoms with van der Waals surface area (Å²) in [5.74, 6) is 0. The van der Waals surface area contributed by atoms with Crippen LogP contribution in [0.2, 0.25) is 10.0 Å². The van der Waals surface area contributed by atoms with E-state index in [9.17, 15) is 13.2 Å². The number of allylic oxidation sites excluding steroid dienone is 2. The molecule has 7 nitrogen and oxygen atoms in total. The topological polar surface area (TPSA) is 116 Å². The van der Waals surface area contributed by atoms with Crippen LogP contribution in [0.5, 0.6) is 0 Å². The van der Waals surface area contributed by atoms with E-state index in [-0.39, 0.29) is 33.7 Å². The second-order valence-corrected chi connectivity index (χ2v) is 5.59. The van der Waals surface area contributed by atoms with Crippen molar-refractivity contribution in [2.45, 2.75) is 12.7 Å². The smallest absolute Gasteiger partial charge is 0.388 e. The molecule has 1 aromatic heterocycles. The third kappa shape index (κ3) is 4.17. The number of hydrogen-bond acceptors (Lipinski definition) is 6. The summed E-state index contributed by atoms with van der Waals surface area (Å²) < 4.78 is 38.3. The fraction of sp³-hybridized carbons (Fsp3) is 0.143. The largest absolute Gasteiger partial charge is 0.416 e. The van der Waals surface area contributed by atoms with Gasteiger partial charge in [-0.2, -0.15) is 33.9 Å². The molecule has 3 N–H and O–H groups in total. The predicted molar refractivity (Wildman–Crippen MR) is 85.7 cm³/mol. The molecular formula is C14H8Cl2F3N7. The monoisotopic (exact) mass is 401 g/mol. The Hall–Kier alpha value is -2.95. The van der Waals surface area contributed by atoms with Gasteiger partial charge in [0, 0.05) is 0 Å². The van der Waals surface area contributed by atoms with Crippen LogP contribution in [-0.2, 0) is 12.7 Å². The summed E-state index contributed by atoms with van der Waals surface area (Å²) in [4.78, 5) is 0.964. The molecule has 2 rings (SSSR count). The third-order valence-electron chi connectivity index (χ3n) is 3.03. The van der Waals surface area contributed by atoms with Gasteiger partial charge in [-0.3, -0.25) is 0 Å².